The summed E-state index contributed by atoms with van der Waals surface area (Å²) >= 11 is 0. The summed E-state index contributed by atoms with van der Waals surface area (Å²) in [6, 6.07) is 18.1. The number of rotatable bonds is 16. The molecule has 0 fully saturated rings. The summed E-state index contributed by atoms with van der Waals surface area (Å²) in [6.07, 6.45) is 17.4. The average molecular weight is 663 g/mol. The van der Waals surface area contributed by atoms with Gasteiger partial charge in [0.1, 0.15) is 0 Å². The van der Waals surface area contributed by atoms with E-state index in [1.807, 2.05) is 0 Å². The molecule has 2 aromatic carbocycles. The Morgan fingerprint density at radius 2 is 1.07 bits per heavy atom. The first-order valence-electron chi connectivity index (χ1n) is 16.4. The molecular formula is C39H60N2Pd. The molecule has 0 aliphatic rings. The van der Waals surface area contributed by atoms with E-state index < -0.39 is 0 Å². The van der Waals surface area contributed by atoms with Crippen molar-refractivity contribution in [1.29, 1.82) is 0 Å². The number of allylic oxidation sites excluding steroid dienone is 2. The number of benzene rings is 2. The van der Waals surface area contributed by atoms with Crippen molar-refractivity contribution in [2.24, 2.45) is 0 Å². The molecule has 0 amide bonds. The van der Waals surface area contributed by atoms with Gasteiger partial charge in [-0.15, -0.1) is 4.79 Å². The van der Waals surface area contributed by atoms with E-state index in [1.54, 1.807) is 0 Å². The van der Waals surface area contributed by atoms with Gasteiger partial charge >= 0.3 is 26.3 Å². The Balaban J connectivity index is 0. The minimum Gasteiger partial charge on any atom is -0.348 e. The first-order chi connectivity index (χ1) is 20.0. The standard InChI is InChI=1S/C31H42N2.2C4H9.Pd/c1-5-8-11-12-14-27-18-22-29(23-19-27)31(25(4)30(24-33-32)15-10-7-3)28-20-16-26(17-21-28)13-9-6-2;2*1-3-4-2;/h16-23H,5-15H2,1-4H3;2*1,3-4H2,2H3;/q;2*-1;+2. The van der Waals surface area contributed by atoms with Crippen LogP contribution in [-0.2, 0) is 33.3 Å². The molecule has 0 saturated heterocycles. The van der Waals surface area contributed by atoms with Crippen LogP contribution < -0.4 is 0 Å². The van der Waals surface area contributed by atoms with E-state index in [1.165, 1.54) is 79.2 Å². The SMILES string of the molecule is CCCCCCc1ccc(C(=C(C)C(=C=[N+]=[N-])CCCC)c2ccc(CCCC)cc2)cc1.[CH2-]CCC.[CH2-]CCC.[Pd+2]. The molecule has 0 aliphatic heterocycles. The van der Waals surface area contributed by atoms with Gasteiger partial charge in [-0.25, -0.2) is 0 Å². The minimum atomic E-state index is 0. The number of hydrogen-bond acceptors (Lipinski definition) is 0. The van der Waals surface area contributed by atoms with Gasteiger partial charge in [-0.3, -0.25) is 0 Å². The molecule has 2 aromatic rings. The molecule has 42 heavy (non-hydrogen) atoms. The Morgan fingerprint density at radius 3 is 1.45 bits per heavy atom. The second-order valence-corrected chi connectivity index (χ2v) is 10.8. The van der Waals surface area contributed by atoms with Crippen LogP contribution in [0.3, 0.4) is 0 Å². The largest absolute Gasteiger partial charge is 2.00 e. The minimum absolute atomic E-state index is 0. The monoisotopic (exact) mass is 662 g/mol. The molecule has 0 spiro atoms. The summed E-state index contributed by atoms with van der Waals surface area (Å²) in [6.45, 7) is 20.3. The predicted octanol–water partition coefficient (Wildman–Crippen LogP) is 12.2. The van der Waals surface area contributed by atoms with Gasteiger partial charge < -0.3 is 19.4 Å². The Labute approximate surface area is 274 Å². The molecule has 0 radical (unpaired) electrons. The van der Waals surface area contributed by atoms with Crippen LogP contribution in [0.15, 0.2) is 59.7 Å². The Morgan fingerprint density at radius 1 is 0.643 bits per heavy atom. The fourth-order valence-corrected chi connectivity index (χ4v) is 4.30. The smallest absolute Gasteiger partial charge is 0.348 e. The van der Waals surface area contributed by atoms with Crippen LogP contribution >= 0.6 is 0 Å². The van der Waals surface area contributed by atoms with Crippen molar-refractivity contribution in [3.63, 3.8) is 0 Å². The fourth-order valence-electron chi connectivity index (χ4n) is 4.30. The van der Waals surface area contributed by atoms with Gasteiger partial charge in [0.05, 0.1) is 5.57 Å². The van der Waals surface area contributed by atoms with Crippen molar-refractivity contribution in [3.05, 3.63) is 101 Å². The Kier molecular flexibility index (Phi) is 29.2. The van der Waals surface area contributed by atoms with Gasteiger partial charge in [-0.05, 0) is 78.8 Å². The molecule has 0 aromatic heterocycles. The first kappa shape index (κ1) is 42.1. The fraction of sp³-hybridized carbons (Fsp3) is 0.538. The van der Waals surface area contributed by atoms with Gasteiger partial charge in [-0.2, -0.15) is 12.8 Å². The Hall–Kier alpha value is -2.00. The second-order valence-electron chi connectivity index (χ2n) is 10.8. The number of nitrogens with zero attached hydrogens (tertiary/aromatic N) is 2. The van der Waals surface area contributed by atoms with Crippen LogP contribution in [0.25, 0.3) is 11.1 Å². The number of aryl methyl sites for hydroxylation is 2. The maximum absolute atomic E-state index is 9.25. The predicted molar refractivity (Wildman–Crippen MR) is 183 cm³/mol. The van der Waals surface area contributed by atoms with Crippen molar-refractivity contribution in [2.75, 3.05) is 0 Å². The van der Waals surface area contributed by atoms with E-state index in [0.29, 0.717) is 0 Å². The molecule has 0 unspecified atom stereocenters. The van der Waals surface area contributed by atoms with E-state index in [0.717, 1.165) is 56.1 Å². The summed E-state index contributed by atoms with van der Waals surface area (Å²) in [5.41, 5.74) is 17.8. The van der Waals surface area contributed by atoms with Crippen molar-refractivity contribution in [3.8, 4) is 0 Å². The van der Waals surface area contributed by atoms with Crippen molar-refractivity contribution in [1.82, 2.24) is 0 Å². The maximum Gasteiger partial charge on any atom is 2.00 e. The molecule has 0 aliphatic carbocycles. The van der Waals surface area contributed by atoms with Crippen LogP contribution in [0, 0.1) is 13.8 Å². The summed E-state index contributed by atoms with van der Waals surface area (Å²) in [7, 11) is 0. The van der Waals surface area contributed by atoms with E-state index in [9.17, 15) is 5.53 Å². The third-order valence-electron chi connectivity index (χ3n) is 7.12. The number of unbranched alkanes of at least 4 members (excludes halogenated alkanes) is 7. The van der Waals surface area contributed by atoms with Gasteiger partial charge in [0, 0.05) is 0 Å². The molecule has 0 heterocycles. The zero-order valence-electron chi connectivity index (χ0n) is 27.9. The summed E-state index contributed by atoms with van der Waals surface area (Å²) < 4.78 is 0. The molecule has 236 valence electrons. The van der Waals surface area contributed by atoms with Crippen LogP contribution in [0.1, 0.15) is 147 Å². The molecule has 3 heteroatoms. The van der Waals surface area contributed by atoms with Crippen molar-refractivity contribution in [2.45, 2.75) is 138 Å². The van der Waals surface area contributed by atoms with Gasteiger partial charge in [0.25, 0.3) is 0 Å². The van der Waals surface area contributed by atoms with Crippen LogP contribution in [0.5, 0.6) is 0 Å². The molecular weight excluding hydrogens is 603 g/mol. The first-order valence-corrected chi connectivity index (χ1v) is 16.4. The molecule has 0 N–H and O–H groups in total. The van der Waals surface area contributed by atoms with Crippen LogP contribution in [0.2, 0.25) is 0 Å². The van der Waals surface area contributed by atoms with E-state index in [2.05, 4.69) is 115 Å². The topological polar surface area (TPSA) is 36.4 Å². The molecule has 0 bridgehead atoms. The van der Waals surface area contributed by atoms with E-state index >= 15 is 0 Å². The quantitative estimate of drug-likeness (QED) is 0.0326. The van der Waals surface area contributed by atoms with E-state index in [-0.39, 0.29) is 20.4 Å². The summed E-state index contributed by atoms with van der Waals surface area (Å²) in [5.74, 6) is 2.87. The van der Waals surface area contributed by atoms with Gasteiger partial charge in [0.15, 0.2) is 0 Å². The second kappa shape index (κ2) is 29.1. The van der Waals surface area contributed by atoms with Gasteiger partial charge in [0.2, 0.25) is 0 Å². The third kappa shape index (κ3) is 18.5. The van der Waals surface area contributed by atoms with Crippen LogP contribution in [-0.4, -0.2) is 10.7 Å². The zero-order valence-corrected chi connectivity index (χ0v) is 29.4. The van der Waals surface area contributed by atoms with Gasteiger partial charge in [-0.1, -0.05) is 128 Å². The molecule has 2 nitrogen and oxygen atoms in total. The average Bonchev–Trinajstić information content (AvgIpc) is 3.02. The van der Waals surface area contributed by atoms with Crippen LogP contribution in [0.4, 0.5) is 0 Å². The normalized spacial score (nSPS) is 10.5. The third-order valence-corrected chi connectivity index (χ3v) is 7.12. The van der Waals surface area contributed by atoms with Crippen molar-refractivity contribution >= 4 is 11.4 Å². The molecule has 2 rings (SSSR count). The number of hydrogen-bond donors (Lipinski definition) is 0. The Bertz CT molecular complexity index is 1010. The summed E-state index contributed by atoms with van der Waals surface area (Å²) in [4.78, 5) is 3.27. The molecule has 0 atom stereocenters. The molecule has 0 saturated carbocycles. The van der Waals surface area contributed by atoms with E-state index in [4.69, 9.17) is 0 Å². The zero-order chi connectivity index (χ0) is 30.7. The summed E-state index contributed by atoms with van der Waals surface area (Å²) in [5, 5.41) is 0. The maximum atomic E-state index is 9.25. The van der Waals surface area contributed by atoms with Crippen molar-refractivity contribution < 1.29 is 25.2 Å².